The minimum Gasteiger partial charge on any atom is -0.370 e. The smallest absolute Gasteiger partial charge is 0.370 e. The predicted molar refractivity (Wildman–Crippen MR) is 79.8 cm³/mol. The highest BCUT2D eigenvalue weighted by Gasteiger charge is 2.35. The van der Waals surface area contributed by atoms with Crippen molar-refractivity contribution in [2.75, 3.05) is 19.7 Å². The van der Waals surface area contributed by atoms with Crippen LogP contribution >= 0.6 is 0 Å². The van der Waals surface area contributed by atoms with Crippen molar-refractivity contribution in [2.24, 2.45) is 0 Å². The number of ether oxygens (including phenoxy) is 1. The summed E-state index contributed by atoms with van der Waals surface area (Å²) in [5.74, 6) is -0.630. The van der Waals surface area contributed by atoms with Crippen LogP contribution in [0.5, 0.6) is 0 Å². The van der Waals surface area contributed by atoms with E-state index in [1.807, 2.05) is 54.4 Å². The van der Waals surface area contributed by atoms with E-state index in [0.29, 0.717) is 6.61 Å². The summed E-state index contributed by atoms with van der Waals surface area (Å²) in [6, 6.07) is 9.45. The number of hydrogen-bond acceptors (Lipinski definition) is 3. The first-order chi connectivity index (χ1) is 10.8. The first-order valence-electron chi connectivity index (χ1n) is 7.53. The highest BCUT2D eigenvalue weighted by atomic mass is 19.4. The van der Waals surface area contributed by atoms with Gasteiger partial charge in [-0.25, -0.2) is 0 Å². The summed E-state index contributed by atoms with van der Waals surface area (Å²) < 4.78 is 42.4. The van der Waals surface area contributed by atoms with E-state index >= 15 is 0 Å². The maximum Gasteiger partial charge on any atom is 0.405 e. The van der Waals surface area contributed by atoms with Crippen molar-refractivity contribution in [1.29, 1.82) is 0 Å². The molecule has 3 unspecified atom stereocenters. The van der Waals surface area contributed by atoms with Crippen molar-refractivity contribution in [3.05, 3.63) is 35.9 Å². The van der Waals surface area contributed by atoms with Gasteiger partial charge in [-0.15, -0.1) is 0 Å². The van der Waals surface area contributed by atoms with Crippen LogP contribution in [0.2, 0.25) is 0 Å². The predicted octanol–water partition coefficient (Wildman–Crippen LogP) is 2.52. The molecule has 128 valence electrons. The maximum atomic E-state index is 12.2. The Morgan fingerprint density at radius 2 is 1.96 bits per heavy atom. The number of morpholine rings is 1. The maximum absolute atomic E-state index is 12.2. The third-order valence-corrected chi connectivity index (χ3v) is 3.98. The first-order valence-corrected chi connectivity index (χ1v) is 7.53. The summed E-state index contributed by atoms with van der Waals surface area (Å²) in [7, 11) is 0. The van der Waals surface area contributed by atoms with Crippen molar-refractivity contribution in [1.82, 2.24) is 10.2 Å². The molecule has 2 rings (SSSR count). The Kier molecular flexibility index (Phi) is 5.64. The molecule has 0 aliphatic carbocycles. The van der Waals surface area contributed by atoms with Crippen LogP contribution in [0.25, 0.3) is 0 Å². The zero-order valence-electron chi connectivity index (χ0n) is 13.1. The number of alkyl halides is 3. The van der Waals surface area contributed by atoms with Gasteiger partial charge in [0.25, 0.3) is 0 Å². The highest BCUT2D eigenvalue weighted by molar-refractivity contribution is 5.78. The minimum absolute atomic E-state index is 0.0402. The molecule has 4 nitrogen and oxygen atoms in total. The molecule has 1 heterocycles. The van der Waals surface area contributed by atoms with Crippen molar-refractivity contribution >= 4 is 5.91 Å². The van der Waals surface area contributed by atoms with E-state index in [4.69, 9.17) is 4.74 Å². The van der Waals surface area contributed by atoms with Crippen LogP contribution in [0.1, 0.15) is 25.5 Å². The van der Waals surface area contributed by atoms with E-state index < -0.39 is 18.6 Å². The Morgan fingerprint density at radius 1 is 1.30 bits per heavy atom. The van der Waals surface area contributed by atoms with Gasteiger partial charge in [-0.05, 0) is 19.4 Å². The SMILES string of the molecule is CC1COC(c2ccccc2)C(C)N1CC(=O)NCC(F)(F)F. The molecule has 1 amide bonds. The molecule has 23 heavy (non-hydrogen) atoms. The van der Waals surface area contributed by atoms with Gasteiger partial charge in [0.15, 0.2) is 0 Å². The van der Waals surface area contributed by atoms with Gasteiger partial charge in [0.05, 0.1) is 19.3 Å². The second-order valence-electron chi connectivity index (χ2n) is 5.82. The van der Waals surface area contributed by atoms with Gasteiger partial charge in [0.2, 0.25) is 5.91 Å². The summed E-state index contributed by atoms with van der Waals surface area (Å²) in [5.41, 5.74) is 0.993. The van der Waals surface area contributed by atoms with Crippen LogP contribution in [-0.2, 0) is 9.53 Å². The number of benzene rings is 1. The number of carbonyl (C=O) groups excluding carboxylic acids is 1. The Labute approximate surface area is 133 Å². The number of amides is 1. The van der Waals surface area contributed by atoms with E-state index in [-0.39, 0.29) is 24.7 Å². The molecule has 1 N–H and O–H groups in total. The second-order valence-corrected chi connectivity index (χ2v) is 5.82. The van der Waals surface area contributed by atoms with Crippen molar-refractivity contribution < 1.29 is 22.7 Å². The van der Waals surface area contributed by atoms with E-state index in [2.05, 4.69) is 0 Å². The molecule has 1 aromatic rings. The van der Waals surface area contributed by atoms with Crippen molar-refractivity contribution in [2.45, 2.75) is 38.2 Å². The molecule has 0 radical (unpaired) electrons. The van der Waals surface area contributed by atoms with Crippen LogP contribution < -0.4 is 5.32 Å². The second kappa shape index (κ2) is 7.31. The fraction of sp³-hybridized carbons (Fsp3) is 0.562. The Balaban J connectivity index is 2.00. The lowest BCUT2D eigenvalue weighted by Crippen LogP contribution is -2.54. The van der Waals surface area contributed by atoms with Gasteiger partial charge in [0.1, 0.15) is 6.54 Å². The largest absolute Gasteiger partial charge is 0.405 e. The third-order valence-electron chi connectivity index (χ3n) is 3.98. The van der Waals surface area contributed by atoms with Crippen LogP contribution in [-0.4, -0.2) is 48.8 Å². The van der Waals surface area contributed by atoms with Crippen molar-refractivity contribution in [3.8, 4) is 0 Å². The van der Waals surface area contributed by atoms with Gasteiger partial charge in [-0.1, -0.05) is 30.3 Å². The fourth-order valence-electron chi connectivity index (χ4n) is 2.79. The van der Waals surface area contributed by atoms with E-state index in [1.165, 1.54) is 0 Å². The minimum atomic E-state index is -4.40. The molecule has 7 heteroatoms. The molecule has 1 aromatic carbocycles. The number of hydrogen-bond donors (Lipinski definition) is 1. The van der Waals surface area contributed by atoms with Crippen LogP contribution in [0.4, 0.5) is 13.2 Å². The summed E-state index contributed by atoms with van der Waals surface area (Å²) in [5, 5.41) is 1.92. The molecule has 1 aliphatic heterocycles. The lowest BCUT2D eigenvalue weighted by atomic mass is 9.98. The molecule has 1 saturated heterocycles. The number of halogens is 3. The summed E-state index contributed by atoms with van der Waals surface area (Å²) in [6.07, 6.45) is -4.60. The molecule has 1 aliphatic rings. The van der Waals surface area contributed by atoms with Crippen LogP contribution in [0.3, 0.4) is 0 Å². The molecular formula is C16H21F3N2O2. The van der Waals surface area contributed by atoms with E-state index in [9.17, 15) is 18.0 Å². The Morgan fingerprint density at radius 3 is 2.57 bits per heavy atom. The number of nitrogens with zero attached hydrogens (tertiary/aromatic N) is 1. The molecule has 0 aromatic heterocycles. The first kappa shape index (κ1) is 17.7. The standard InChI is InChI=1S/C16H21F3N2O2/c1-11-9-23-15(13-6-4-3-5-7-13)12(2)21(11)8-14(22)20-10-16(17,18)19/h3-7,11-12,15H,8-10H2,1-2H3,(H,20,22). The van der Waals surface area contributed by atoms with Crippen molar-refractivity contribution in [3.63, 3.8) is 0 Å². The third kappa shape index (κ3) is 4.94. The number of rotatable bonds is 4. The summed E-state index contributed by atoms with van der Waals surface area (Å²) in [4.78, 5) is 13.7. The van der Waals surface area contributed by atoms with E-state index in [0.717, 1.165) is 5.56 Å². The van der Waals surface area contributed by atoms with Gasteiger partial charge in [-0.2, -0.15) is 13.2 Å². The average Bonchev–Trinajstić information content (AvgIpc) is 2.49. The lowest BCUT2D eigenvalue weighted by Gasteiger charge is -2.43. The molecule has 0 spiro atoms. The Bertz CT molecular complexity index is 522. The quantitative estimate of drug-likeness (QED) is 0.922. The van der Waals surface area contributed by atoms with Gasteiger partial charge >= 0.3 is 6.18 Å². The summed E-state index contributed by atoms with van der Waals surface area (Å²) >= 11 is 0. The van der Waals surface area contributed by atoms with Crippen LogP contribution in [0.15, 0.2) is 30.3 Å². The number of nitrogens with one attached hydrogen (secondary N) is 1. The van der Waals surface area contributed by atoms with Gasteiger partial charge < -0.3 is 10.1 Å². The zero-order chi connectivity index (χ0) is 17.0. The number of carbonyl (C=O) groups is 1. The summed E-state index contributed by atoms with van der Waals surface area (Å²) in [6.45, 7) is 2.86. The lowest BCUT2D eigenvalue weighted by molar-refractivity contribution is -0.143. The fourth-order valence-corrected chi connectivity index (χ4v) is 2.79. The molecule has 0 bridgehead atoms. The monoisotopic (exact) mass is 330 g/mol. The molecule has 0 saturated carbocycles. The zero-order valence-corrected chi connectivity index (χ0v) is 13.1. The van der Waals surface area contributed by atoms with Crippen LogP contribution in [0, 0.1) is 0 Å². The normalized spacial score (nSPS) is 26.0. The average molecular weight is 330 g/mol. The highest BCUT2D eigenvalue weighted by Crippen LogP contribution is 2.30. The molecule has 1 fully saturated rings. The Hall–Kier alpha value is -1.60. The molecular weight excluding hydrogens is 309 g/mol. The topological polar surface area (TPSA) is 41.6 Å². The molecule has 3 atom stereocenters. The van der Waals surface area contributed by atoms with Gasteiger partial charge in [-0.3, -0.25) is 9.69 Å². The van der Waals surface area contributed by atoms with E-state index in [1.54, 1.807) is 0 Å². The van der Waals surface area contributed by atoms with Gasteiger partial charge in [0, 0.05) is 12.1 Å².